The molecule has 0 spiro atoms. The van der Waals surface area contributed by atoms with E-state index in [0.29, 0.717) is 11.8 Å². The van der Waals surface area contributed by atoms with Gasteiger partial charge in [0.05, 0.1) is 6.10 Å². The molecule has 2 fully saturated rings. The first-order valence-electron chi connectivity index (χ1n) is 9.05. The summed E-state index contributed by atoms with van der Waals surface area (Å²) >= 11 is 0. The summed E-state index contributed by atoms with van der Waals surface area (Å²) < 4.78 is 11.8. The molecular formula is C18H33NO3. The Morgan fingerprint density at radius 3 is 2.64 bits per heavy atom. The molecule has 0 aromatic carbocycles. The summed E-state index contributed by atoms with van der Waals surface area (Å²) in [7, 11) is 0. The van der Waals surface area contributed by atoms with Gasteiger partial charge in [0.25, 0.3) is 0 Å². The predicted molar refractivity (Wildman–Crippen MR) is 87.4 cm³/mol. The SMILES string of the molecule is CC(C)CCC1CCCC(N)C(=O)OC(C)C1OCC1CC1. The van der Waals surface area contributed by atoms with E-state index in [1.807, 2.05) is 6.92 Å². The highest BCUT2D eigenvalue weighted by atomic mass is 16.6. The van der Waals surface area contributed by atoms with Crippen molar-refractivity contribution in [2.24, 2.45) is 23.5 Å². The third-order valence-electron chi connectivity index (χ3n) is 4.96. The summed E-state index contributed by atoms with van der Waals surface area (Å²) in [6.45, 7) is 7.30. The summed E-state index contributed by atoms with van der Waals surface area (Å²) in [6.07, 6.45) is 7.50. The molecule has 4 atom stereocenters. The zero-order valence-corrected chi connectivity index (χ0v) is 14.4. The van der Waals surface area contributed by atoms with Gasteiger partial charge in [-0.15, -0.1) is 0 Å². The van der Waals surface area contributed by atoms with Crippen LogP contribution in [0.5, 0.6) is 0 Å². The van der Waals surface area contributed by atoms with E-state index >= 15 is 0 Å². The maximum absolute atomic E-state index is 12.0. The smallest absolute Gasteiger partial charge is 0.323 e. The lowest BCUT2D eigenvalue weighted by Crippen LogP contribution is -2.40. The van der Waals surface area contributed by atoms with Crippen molar-refractivity contribution in [1.29, 1.82) is 0 Å². The Balaban J connectivity index is 2.02. The first-order valence-corrected chi connectivity index (χ1v) is 9.05. The highest BCUT2D eigenvalue weighted by Gasteiger charge is 2.34. The molecule has 22 heavy (non-hydrogen) atoms. The van der Waals surface area contributed by atoms with Gasteiger partial charge in [0, 0.05) is 6.61 Å². The Hall–Kier alpha value is -0.610. The molecule has 2 rings (SSSR count). The van der Waals surface area contributed by atoms with E-state index in [0.717, 1.165) is 38.2 Å². The number of esters is 1. The van der Waals surface area contributed by atoms with Gasteiger partial charge < -0.3 is 15.2 Å². The minimum atomic E-state index is -0.476. The molecule has 0 bridgehead atoms. The average molecular weight is 311 g/mol. The minimum Gasteiger partial charge on any atom is -0.459 e. The third kappa shape index (κ3) is 5.54. The molecule has 0 radical (unpaired) electrons. The molecule has 2 aliphatic rings. The number of hydrogen-bond donors (Lipinski definition) is 1. The lowest BCUT2D eigenvalue weighted by Gasteiger charge is -2.31. The van der Waals surface area contributed by atoms with Crippen LogP contribution >= 0.6 is 0 Å². The molecule has 1 saturated heterocycles. The van der Waals surface area contributed by atoms with Crippen LogP contribution < -0.4 is 5.73 Å². The van der Waals surface area contributed by atoms with Gasteiger partial charge in [-0.05, 0) is 56.8 Å². The summed E-state index contributed by atoms with van der Waals surface area (Å²) in [5.41, 5.74) is 5.91. The molecule has 0 amide bonds. The third-order valence-corrected chi connectivity index (χ3v) is 4.96. The topological polar surface area (TPSA) is 61.6 Å². The molecule has 1 aliphatic carbocycles. The molecule has 4 nitrogen and oxygen atoms in total. The van der Waals surface area contributed by atoms with E-state index in [-0.39, 0.29) is 18.2 Å². The molecule has 2 N–H and O–H groups in total. The lowest BCUT2D eigenvalue weighted by atomic mass is 9.86. The molecule has 0 aromatic heterocycles. The summed E-state index contributed by atoms with van der Waals surface area (Å²) in [6, 6.07) is -0.476. The van der Waals surface area contributed by atoms with Crippen LogP contribution in [-0.4, -0.2) is 30.8 Å². The van der Waals surface area contributed by atoms with Crippen molar-refractivity contribution in [2.75, 3.05) is 6.61 Å². The van der Waals surface area contributed by atoms with Crippen LogP contribution in [0.4, 0.5) is 0 Å². The van der Waals surface area contributed by atoms with Crippen molar-refractivity contribution < 1.29 is 14.3 Å². The Morgan fingerprint density at radius 2 is 2.00 bits per heavy atom. The fourth-order valence-electron chi connectivity index (χ4n) is 3.26. The van der Waals surface area contributed by atoms with Crippen LogP contribution in [0.1, 0.15) is 65.7 Å². The summed E-state index contributed by atoms with van der Waals surface area (Å²) in [4.78, 5) is 12.0. The van der Waals surface area contributed by atoms with Gasteiger partial charge in [0.2, 0.25) is 0 Å². The average Bonchev–Trinajstić information content (AvgIpc) is 3.26. The van der Waals surface area contributed by atoms with Crippen LogP contribution in [0, 0.1) is 17.8 Å². The first kappa shape index (κ1) is 17.7. The van der Waals surface area contributed by atoms with Crippen molar-refractivity contribution in [1.82, 2.24) is 0 Å². The first-order chi connectivity index (χ1) is 10.5. The van der Waals surface area contributed by atoms with Gasteiger partial charge in [-0.2, -0.15) is 0 Å². The van der Waals surface area contributed by atoms with Crippen LogP contribution in [0.3, 0.4) is 0 Å². The van der Waals surface area contributed by atoms with E-state index in [2.05, 4.69) is 13.8 Å². The number of carbonyl (C=O) groups excluding carboxylic acids is 1. The van der Waals surface area contributed by atoms with Gasteiger partial charge in [-0.1, -0.05) is 26.7 Å². The fourth-order valence-corrected chi connectivity index (χ4v) is 3.26. The molecule has 1 aliphatic heterocycles. The van der Waals surface area contributed by atoms with Crippen molar-refractivity contribution in [2.45, 2.75) is 84.0 Å². The maximum Gasteiger partial charge on any atom is 0.323 e. The zero-order chi connectivity index (χ0) is 16.1. The van der Waals surface area contributed by atoms with Crippen LogP contribution in [-0.2, 0) is 14.3 Å². The van der Waals surface area contributed by atoms with Gasteiger partial charge >= 0.3 is 5.97 Å². The standard InChI is InChI=1S/C18H33NO3/c1-12(2)7-10-15-5-4-6-16(19)18(20)22-13(3)17(15)21-11-14-8-9-14/h12-17H,4-11,19H2,1-3H3. The Bertz CT molecular complexity index is 354. The van der Waals surface area contributed by atoms with E-state index in [4.69, 9.17) is 15.2 Å². The van der Waals surface area contributed by atoms with Gasteiger partial charge in [-0.3, -0.25) is 4.79 Å². The number of cyclic esters (lactones) is 1. The second-order valence-electron chi connectivity index (χ2n) is 7.65. The fraction of sp³-hybridized carbons (Fsp3) is 0.944. The normalized spacial score (nSPS) is 34.0. The van der Waals surface area contributed by atoms with Crippen molar-refractivity contribution >= 4 is 5.97 Å². The Labute approximate surface area is 135 Å². The number of hydrogen-bond acceptors (Lipinski definition) is 4. The summed E-state index contributed by atoms with van der Waals surface area (Å²) in [5.74, 6) is 1.62. The van der Waals surface area contributed by atoms with Crippen molar-refractivity contribution in [3.63, 3.8) is 0 Å². The van der Waals surface area contributed by atoms with E-state index in [1.165, 1.54) is 19.3 Å². The quantitative estimate of drug-likeness (QED) is 0.765. The van der Waals surface area contributed by atoms with Crippen molar-refractivity contribution in [3.8, 4) is 0 Å². The number of rotatable bonds is 6. The number of ether oxygens (including phenoxy) is 2. The van der Waals surface area contributed by atoms with Crippen LogP contribution in [0.15, 0.2) is 0 Å². The predicted octanol–water partition coefficient (Wildman–Crippen LogP) is 3.28. The van der Waals surface area contributed by atoms with Gasteiger partial charge in [0.15, 0.2) is 0 Å². The Morgan fingerprint density at radius 1 is 1.27 bits per heavy atom. The van der Waals surface area contributed by atoms with Crippen LogP contribution in [0.25, 0.3) is 0 Å². The van der Waals surface area contributed by atoms with Gasteiger partial charge in [-0.25, -0.2) is 0 Å². The van der Waals surface area contributed by atoms with Crippen LogP contribution in [0.2, 0.25) is 0 Å². The summed E-state index contributed by atoms with van der Waals surface area (Å²) in [5, 5.41) is 0. The molecule has 4 heteroatoms. The molecule has 128 valence electrons. The second-order valence-corrected chi connectivity index (χ2v) is 7.65. The molecule has 1 saturated carbocycles. The maximum atomic E-state index is 12.0. The number of carbonyl (C=O) groups is 1. The van der Waals surface area contributed by atoms with Gasteiger partial charge in [0.1, 0.15) is 12.1 Å². The monoisotopic (exact) mass is 311 g/mol. The zero-order valence-electron chi connectivity index (χ0n) is 14.4. The molecule has 1 heterocycles. The van der Waals surface area contributed by atoms with E-state index in [9.17, 15) is 4.79 Å². The van der Waals surface area contributed by atoms with E-state index in [1.54, 1.807) is 0 Å². The largest absolute Gasteiger partial charge is 0.459 e. The molecular weight excluding hydrogens is 278 g/mol. The van der Waals surface area contributed by atoms with E-state index < -0.39 is 6.04 Å². The second kappa shape index (κ2) is 8.30. The highest BCUT2D eigenvalue weighted by molar-refractivity contribution is 5.75. The molecule has 4 unspecified atom stereocenters. The Kier molecular flexibility index (Phi) is 6.69. The minimum absolute atomic E-state index is 0.0219. The highest BCUT2D eigenvalue weighted by Crippen LogP contribution is 2.33. The lowest BCUT2D eigenvalue weighted by molar-refractivity contribution is -0.160. The molecule has 0 aromatic rings. The van der Waals surface area contributed by atoms with Crippen molar-refractivity contribution in [3.05, 3.63) is 0 Å². The number of nitrogens with two attached hydrogens (primary N) is 1.